The second kappa shape index (κ2) is 8.27. The lowest BCUT2D eigenvalue weighted by Crippen LogP contribution is -2.59. The van der Waals surface area contributed by atoms with E-state index in [1.807, 2.05) is 26.8 Å². The van der Waals surface area contributed by atoms with E-state index >= 15 is 0 Å². The van der Waals surface area contributed by atoms with Crippen LogP contribution in [0.1, 0.15) is 50.0 Å². The first-order chi connectivity index (χ1) is 15.3. The molecule has 3 heterocycles. The molecule has 0 aliphatic heterocycles. The molecule has 0 unspecified atom stereocenters. The number of amides is 1. The van der Waals surface area contributed by atoms with Crippen molar-refractivity contribution in [2.45, 2.75) is 51.3 Å². The number of hydrogen-bond donors (Lipinski definition) is 3. The van der Waals surface area contributed by atoms with Gasteiger partial charge in [0.05, 0.1) is 17.8 Å². The van der Waals surface area contributed by atoms with E-state index in [-0.39, 0.29) is 29.2 Å². The standard InChI is InChI=1S/C22H29N7O3/c1-13(2)28-10-6-7-15(21(28)31)25-17-11-18(23-4)29-19(27-17)14(12-24-29)20(30)26-16-8-9-22(16,3)32-5/h6-7,10-13,16,23H,8-9H2,1-5H3,(H,25,27)(H,26,30)/t16-,22-/m0/s1. The minimum absolute atomic E-state index is 0.0296. The highest BCUT2D eigenvalue weighted by atomic mass is 16.5. The van der Waals surface area contributed by atoms with E-state index in [0.717, 1.165) is 12.8 Å². The Morgan fingerprint density at radius 1 is 1.38 bits per heavy atom. The van der Waals surface area contributed by atoms with Crippen molar-refractivity contribution in [3.63, 3.8) is 0 Å². The topological polar surface area (TPSA) is 115 Å². The minimum atomic E-state index is -0.363. The molecule has 0 spiro atoms. The number of nitrogens with one attached hydrogen (secondary N) is 3. The first-order valence-corrected chi connectivity index (χ1v) is 10.7. The van der Waals surface area contributed by atoms with E-state index in [1.54, 1.807) is 41.6 Å². The summed E-state index contributed by atoms with van der Waals surface area (Å²) in [5.41, 5.74) is 0.624. The summed E-state index contributed by atoms with van der Waals surface area (Å²) in [7, 11) is 3.41. The van der Waals surface area contributed by atoms with Crippen LogP contribution >= 0.6 is 0 Å². The molecule has 3 aromatic rings. The number of fused-ring (bicyclic) bond motifs is 1. The Bertz CT molecular complexity index is 1210. The summed E-state index contributed by atoms with van der Waals surface area (Å²) in [6.45, 7) is 5.88. The fraction of sp³-hybridized carbons (Fsp3) is 0.455. The summed E-state index contributed by atoms with van der Waals surface area (Å²) in [6, 6.07) is 5.21. The molecule has 1 amide bonds. The normalized spacial score (nSPS) is 20.2. The molecule has 0 bridgehead atoms. The van der Waals surface area contributed by atoms with Crippen LogP contribution in [0.4, 0.5) is 17.3 Å². The third-order valence-electron chi connectivity index (χ3n) is 6.20. The number of carbonyl (C=O) groups is 1. The van der Waals surface area contributed by atoms with Gasteiger partial charge >= 0.3 is 0 Å². The number of hydrogen-bond acceptors (Lipinski definition) is 7. The van der Waals surface area contributed by atoms with Gasteiger partial charge in [0.25, 0.3) is 11.5 Å². The van der Waals surface area contributed by atoms with Gasteiger partial charge in [0.15, 0.2) is 5.65 Å². The van der Waals surface area contributed by atoms with Gasteiger partial charge in [-0.1, -0.05) is 0 Å². The molecule has 10 heteroatoms. The summed E-state index contributed by atoms with van der Waals surface area (Å²) in [4.78, 5) is 30.4. The van der Waals surface area contributed by atoms with Crippen LogP contribution < -0.4 is 21.5 Å². The molecule has 1 aliphatic rings. The fourth-order valence-electron chi connectivity index (χ4n) is 3.92. The molecule has 10 nitrogen and oxygen atoms in total. The number of pyridine rings is 1. The Labute approximate surface area is 186 Å². The van der Waals surface area contributed by atoms with Crippen molar-refractivity contribution in [3.8, 4) is 0 Å². The first-order valence-electron chi connectivity index (χ1n) is 10.7. The zero-order valence-corrected chi connectivity index (χ0v) is 19.0. The van der Waals surface area contributed by atoms with E-state index < -0.39 is 0 Å². The Balaban J connectivity index is 1.68. The van der Waals surface area contributed by atoms with Crippen molar-refractivity contribution in [1.29, 1.82) is 0 Å². The number of rotatable bonds is 7. The van der Waals surface area contributed by atoms with Gasteiger partial charge < -0.3 is 25.3 Å². The largest absolute Gasteiger partial charge is 0.376 e. The molecule has 1 aliphatic carbocycles. The molecule has 1 saturated carbocycles. The average Bonchev–Trinajstić information content (AvgIpc) is 3.20. The van der Waals surface area contributed by atoms with Crippen molar-refractivity contribution in [1.82, 2.24) is 24.5 Å². The molecule has 4 rings (SSSR count). The molecule has 2 atom stereocenters. The van der Waals surface area contributed by atoms with Gasteiger partial charge in [-0.3, -0.25) is 9.59 Å². The fourth-order valence-corrected chi connectivity index (χ4v) is 3.92. The average molecular weight is 440 g/mol. The predicted octanol–water partition coefficient (Wildman–Crippen LogP) is 2.55. The van der Waals surface area contributed by atoms with Crippen LogP contribution in [-0.4, -0.2) is 50.9 Å². The molecular weight excluding hydrogens is 410 g/mol. The Hall–Kier alpha value is -3.40. The summed E-state index contributed by atoms with van der Waals surface area (Å²) < 4.78 is 8.75. The van der Waals surface area contributed by atoms with Crippen LogP contribution in [0.3, 0.4) is 0 Å². The highest BCUT2D eigenvalue weighted by Gasteiger charge is 2.44. The molecule has 3 aromatic heterocycles. The van der Waals surface area contributed by atoms with Crippen molar-refractivity contribution in [2.75, 3.05) is 24.8 Å². The monoisotopic (exact) mass is 439 g/mol. The smallest absolute Gasteiger partial charge is 0.274 e. The molecule has 1 fully saturated rings. The summed E-state index contributed by atoms with van der Waals surface area (Å²) >= 11 is 0. The maximum Gasteiger partial charge on any atom is 0.274 e. The van der Waals surface area contributed by atoms with Gasteiger partial charge in [-0.2, -0.15) is 9.61 Å². The SMILES string of the molecule is CNc1cc(Nc2cccn(C(C)C)c2=O)nc2c(C(=O)N[C@H]3CC[C@]3(C)OC)cnn12. The second-order valence-electron chi connectivity index (χ2n) is 8.50. The van der Waals surface area contributed by atoms with Gasteiger partial charge in [-0.05, 0) is 45.7 Å². The number of ether oxygens (including phenoxy) is 1. The Kier molecular flexibility index (Phi) is 5.64. The molecule has 3 N–H and O–H groups in total. The Morgan fingerprint density at radius 3 is 2.78 bits per heavy atom. The van der Waals surface area contributed by atoms with Gasteiger partial charge in [0.1, 0.15) is 22.9 Å². The maximum absolute atomic E-state index is 13.0. The van der Waals surface area contributed by atoms with Crippen LogP contribution in [-0.2, 0) is 4.74 Å². The number of carbonyl (C=O) groups excluding carboxylic acids is 1. The van der Waals surface area contributed by atoms with Crippen molar-refractivity contribution in [2.24, 2.45) is 0 Å². The van der Waals surface area contributed by atoms with Crippen LogP contribution in [0.2, 0.25) is 0 Å². The van der Waals surface area contributed by atoms with E-state index in [9.17, 15) is 9.59 Å². The van der Waals surface area contributed by atoms with Crippen molar-refractivity contribution >= 4 is 28.9 Å². The molecular formula is C22H29N7O3. The van der Waals surface area contributed by atoms with Gasteiger partial charge in [0.2, 0.25) is 0 Å². The Morgan fingerprint density at radius 2 is 2.16 bits per heavy atom. The maximum atomic E-state index is 13.0. The quantitative estimate of drug-likeness (QED) is 0.518. The van der Waals surface area contributed by atoms with E-state index in [4.69, 9.17) is 4.74 Å². The number of anilines is 3. The summed E-state index contributed by atoms with van der Waals surface area (Å²) in [5.74, 6) is 0.795. The molecule has 170 valence electrons. The summed E-state index contributed by atoms with van der Waals surface area (Å²) in [5, 5.41) is 13.5. The zero-order chi connectivity index (χ0) is 23.0. The lowest BCUT2D eigenvalue weighted by atomic mass is 9.76. The molecule has 0 radical (unpaired) electrons. The molecule has 32 heavy (non-hydrogen) atoms. The van der Waals surface area contributed by atoms with Crippen LogP contribution in [0.25, 0.3) is 5.65 Å². The predicted molar refractivity (Wildman–Crippen MR) is 123 cm³/mol. The van der Waals surface area contributed by atoms with Crippen LogP contribution in [0.5, 0.6) is 0 Å². The minimum Gasteiger partial charge on any atom is -0.376 e. The lowest BCUT2D eigenvalue weighted by molar-refractivity contribution is -0.0828. The zero-order valence-electron chi connectivity index (χ0n) is 19.0. The summed E-state index contributed by atoms with van der Waals surface area (Å²) in [6.07, 6.45) is 5.00. The van der Waals surface area contributed by atoms with Gasteiger partial charge in [-0.15, -0.1) is 0 Å². The van der Waals surface area contributed by atoms with E-state index in [2.05, 4.69) is 26.0 Å². The number of methoxy groups -OCH3 is 1. The van der Waals surface area contributed by atoms with Gasteiger partial charge in [0, 0.05) is 32.5 Å². The van der Waals surface area contributed by atoms with E-state index in [0.29, 0.717) is 28.5 Å². The number of aromatic nitrogens is 4. The highest BCUT2D eigenvalue weighted by Crippen LogP contribution is 2.35. The van der Waals surface area contributed by atoms with Crippen molar-refractivity contribution < 1.29 is 9.53 Å². The first kappa shape index (κ1) is 21.8. The third kappa shape index (κ3) is 3.70. The highest BCUT2D eigenvalue weighted by molar-refractivity contribution is 6.00. The number of nitrogens with zero attached hydrogens (tertiary/aromatic N) is 4. The second-order valence-corrected chi connectivity index (χ2v) is 8.50. The van der Waals surface area contributed by atoms with E-state index in [1.165, 1.54) is 6.20 Å². The van der Waals surface area contributed by atoms with Crippen molar-refractivity contribution in [3.05, 3.63) is 46.5 Å². The molecule has 0 saturated heterocycles. The van der Waals surface area contributed by atoms with Crippen LogP contribution in [0, 0.1) is 0 Å². The molecule has 0 aromatic carbocycles. The van der Waals surface area contributed by atoms with Crippen LogP contribution in [0.15, 0.2) is 35.4 Å². The van der Waals surface area contributed by atoms with Gasteiger partial charge in [-0.25, -0.2) is 4.98 Å². The lowest BCUT2D eigenvalue weighted by Gasteiger charge is -2.45. The third-order valence-corrected chi connectivity index (χ3v) is 6.20.